The van der Waals surface area contributed by atoms with E-state index in [4.69, 9.17) is 4.74 Å². The van der Waals surface area contributed by atoms with Crippen LogP contribution in [0.1, 0.15) is 10.5 Å². The first-order valence-electron chi connectivity index (χ1n) is 7.48. The van der Waals surface area contributed by atoms with Crippen molar-refractivity contribution in [1.82, 2.24) is 4.98 Å². The third-order valence-corrected chi connectivity index (χ3v) is 3.69. The smallest absolute Gasteiger partial charge is 0.274 e. The molecule has 1 saturated heterocycles. The number of aromatic nitrogens is 1. The van der Waals surface area contributed by atoms with Crippen LogP contribution in [0.15, 0.2) is 42.6 Å². The first kappa shape index (κ1) is 15.9. The molecule has 124 valence electrons. The van der Waals surface area contributed by atoms with E-state index in [0.717, 1.165) is 18.8 Å². The van der Waals surface area contributed by atoms with E-state index in [2.05, 4.69) is 15.2 Å². The molecule has 1 aromatic heterocycles. The van der Waals surface area contributed by atoms with E-state index in [1.165, 1.54) is 24.3 Å². The SMILES string of the molecule is O=C(Nc1ccc([N+](=O)[O-])cc1)c1cc(N2CCOCC2)ccn1. The zero-order chi connectivity index (χ0) is 16.9. The van der Waals surface area contributed by atoms with Crippen LogP contribution in [0.5, 0.6) is 0 Å². The second-order valence-corrected chi connectivity index (χ2v) is 5.26. The number of carbonyl (C=O) groups is 1. The maximum absolute atomic E-state index is 12.3. The highest BCUT2D eigenvalue weighted by molar-refractivity contribution is 6.03. The Kier molecular flexibility index (Phi) is 4.66. The lowest BCUT2D eigenvalue weighted by Crippen LogP contribution is -2.36. The molecule has 1 aliphatic heterocycles. The summed E-state index contributed by atoms with van der Waals surface area (Å²) in [5.41, 5.74) is 1.66. The number of morpholine rings is 1. The number of pyridine rings is 1. The molecule has 1 amide bonds. The van der Waals surface area contributed by atoms with Gasteiger partial charge in [0.1, 0.15) is 5.69 Å². The van der Waals surface area contributed by atoms with Gasteiger partial charge in [0.25, 0.3) is 11.6 Å². The fraction of sp³-hybridized carbons (Fsp3) is 0.250. The van der Waals surface area contributed by atoms with Gasteiger partial charge in [0.2, 0.25) is 0 Å². The lowest BCUT2D eigenvalue weighted by molar-refractivity contribution is -0.384. The number of rotatable bonds is 4. The van der Waals surface area contributed by atoms with Gasteiger partial charge in [0.15, 0.2) is 0 Å². The summed E-state index contributed by atoms with van der Waals surface area (Å²) in [4.78, 5) is 28.7. The number of non-ortho nitro benzene ring substituents is 1. The fourth-order valence-corrected chi connectivity index (χ4v) is 2.42. The molecule has 24 heavy (non-hydrogen) atoms. The predicted octanol–water partition coefficient (Wildman–Crippen LogP) is 2.08. The summed E-state index contributed by atoms with van der Waals surface area (Å²) in [7, 11) is 0. The van der Waals surface area contributed by atoms with Gasteiger partial charge < -0.3 is 15.0 Å². The zero-order valence-corrected chi connectivity index (χ0v) is 12.8. The molecular weight excluding hydrogens is 312 g/mol. The molecular formula is C16H16N4O4. The van der Waals surface area contributed by atoms with Gasteiger partial charge in [0.05, 0.1) is 18.1 Å². The summed E-state index contributed by atoms with van der Waals surface area (Å²) in [5.74, 6) is -0.362. The van der Waals surface area contributed by atoms with Gasteiger partial charge in [-0.3, -0.25) is 19.9 Å². The van der Waals surface area contributed by atoms with E-state index in [-0.39, 0.29) is 17.3 Å². The topological polar surface area (TPSA) is 97.6 Å². The highest BCUT2D eigenvalue weighted by atomic mass is 16.6. The van der Waals surface area contributed by atoms with Crippen molar-refractivity contribution >= 4 is 23.0 Å². The first-order valence-corrected chi connectivity index (χ1v) is 7.48. The third-order valence-electron chi connectivity index (χ3n) is 3.69. The Morgan fingerprint density at radius 3 is 2.58 bits per heavy atom. The molecule has 1 N–H and O–H groups in total. The van der Waals surface area contributed by atoms with Crippen molar-refractivity contribution in [3.8, 4) is 0 Å². The normalized spacial score (nSPS) is 14.2. The largest absolute Gasteiger partial charge is 0.378 e. The molecule has 0 unspecified atom stereocenters. The highest BCUT2D eigenvalue weighted by Gasteiger charge is 2.15. The number of nitrogens with zero attached hydrogens (tertiary/aromatic N) is 3. The van der Waals surface area contributed by atoms with Gasteiger partial charge in [0, 0.05) is 42.8 Å². The van der Waals surface area contributed by atoms with Gasteiger partial charge in [-0.25, -0.2) is 0 Å². The fourth-order valence-electron chi connectivity index (χ4n) is 2.42. The summed E-state index contributed by atoms with van der Waals surface area (Å²) in [6, 6.07) is 9.24. The van der Waals surface area contributed by atoms with Crippen molar-refractivity contribution in [3.05, 3.63) is 58.4 Å². The number of hydrogen-bond acceptors (Lipinski definition) is 6. The summed E-state index contributed by atoms with van der Waals surface area (Å²) in [6.07, 6.45) is 1.59. The van der Waals surface area contributed by atoms with Crippen molar-refractivity contribution in [2.24, 2.45) is 0 Å². The molecule has 8 heteroatoms. The van der Waals surface area contributed by atoms with Gasteiger partial charge >= 0.3 is 0 Å². The number of nitro groups is 1. The molecule has 0 aliphatic carbocycles. The van der Waals surface area contributed by atoms with Crippen LogP contribution in [0.4, 0.5) is 17.1 Å². The van der Waals surface area contributed by atoms with Crippen molar-refractivity contribution in [3.63, 3.8) is 0 Å². The number of nitro benzene ring substituents is 1. The number of hydrogen-bond donors (Lipinski definition) is 1. The van der Waals surface area contributed by atoms with Crippen LogP contribution in [-0.4, -0.2) is 42.1 Å². The lowest BCUT2D eigenvalue weighted by atomic mass is 10.2. The Morgan fingerprint density at radius 2 is 1.92 bits per heavy atom. The minimum Gasteiger partial charge on any atom is -0.378 e. The second-order valence-electron chi connectivity index (χ2n) is 5.26. The first-order chi connectivity index (χ1) is 11.6. The molecule has 0 saturated carbocycles. The summed E-state index contributed by atoms with van der Waals surface area (Å²) in [5, 5.41) is 13.3. The van der Waals surface area contributed by atoms with Gasteiger partial charge in [-0.15, -0.1) is 0 Å². The van der Waals surface area contributed by atoms with Crippen molar-refractivity contribution in [2.75, 3.05) is 36.5 Å². The van der Waals surface area contributed by atoms with Gasteiger partial charge in [-0.1, -0.05) is 0 Å². The van der Waals surface area contributed by atoms with E-state index in [9.17, 15) is 14.9 Å². The van der Waals surface area contributed by atoms with E-state index in [1.54, 1.807) is 12.3 Å². The molecule has 1 fully saturated rings. The Hall–Kier alpha value is -3.00. The van der Waals surface area contributed by atoms with Crippen LogP contribution in [-0.2, 0) is 4.74 Å². The number of benzene rings is 1. The standard InChI is InChI=1S/C16H16N4O4/c21-16(18-12-1-3-13(4-2-12)20(22)23)15-11-14(5-6-17-15)19-7-9-24-10-8-19/h1-6,11H,7-10H2,(H,18,21). The molecule has 0 atom stereocenters. The molecule has 0 bridgehead atoms. The van der Waals surface area contributed by atoms with E-state index >= 15 is 0 Å². The number of anilines is 2. The van der Waals surface area contributed by atoms with Crippen molar-refractivity contribution in [2.45, 2.75) is 0 Å². The Morgan fingerprint density at radius 1 is 1.21 bits per heavy atom. The monoisotopic (exact) mass is 328 g/mol. The Labute approximate surface area is 138 Å². The molecule has 2 heterocycles. The van der Waals surface area contributed by atoms with Crippen LogP contribution in [0.3, 0.4) is 0 Å². The van der Waals surface area contributed by atoms with E-state index in [1.807, 2.05) is 6.07 Å². The quantitative estimate of drug-likeness (QED) is 0.681. The summed E-state index contributed by atoms with van der Waals surface area (Å²) in [6.45, 7) is 2.86. The minimum absolute atomic E-state index is 0.0274. The number of carbonyl (C=O) groups excluding carboxylic acids is 1. The molecule has 3 rings (SSSR count). The molecule has 2 aromatic rings. The third kappa shape index (κ3) is 3.66. The summed E-state index contributed by atoms with van der Waals surface area (Å²) >= 11 is 0. The maximum Gasteiger partial charge on any atom is 0.274 e. The molecule has 1 aromatic carbocycles. The van der Waals surface area contributed by atoms with Crippen LogP contribution < -0.4 is 10.2 Å². The molecule has 1 aliphatic rings. The lowest BCUT2D eigenvalue weighted by Gasteiger charge is -2.28. The average Bonchev–Trinajstić information content (AvgIpc) is 2.63. The van der Waals surface area contributed by atoms with Crippen LogP contribution in [0.2, 0.25) is 0 Å². The predicted molar refractivity (Wildman–Crippen MR) is 88.3 cm³/mol. The zero-order valence-electron chi connectivity index (χ0n) is 12.8. The Bertz CT molecular complexity index is 742. The van der Waals surface area contributed by atoms with Gasteiger partial charge in [-0.2, -0.15) is 0 Å². The van der Waals surface area contributed by atoms with E-state index < -0.39 is 4.92 Å². The number of ether oxygens (including phenoxy) is 1. The highest BCUT2D eigenvalue weighted by Crippen LogP contribution is 2.18. The molecule has 8 nitrogen and oxygen atoms in total. The summed E-state index contributed by atoms with van der Waals surface area (Å²) < 4.78 is 5.32. The minimum atomic E-state index is -0.487. The van der Waals surface area contributed by atoms with Crippen LogP contribution in [0, 0.1) is 10.1 Å². The van der Waals surface area contributed by atoms with Gasteiger partial charge in [-0.05, 0) is 24.3 Å². The molecule has 0 spiro atoms. The molecule has 0 radical (unpaired) electrons. The Balaban J connectivity index is 1.71. The average molecular weight is 328 g/mol. The maximum atomic E-state index is 12.3. The second kappa shape index (κ2) is 7.05. The van der Waals surface area contributed by atoms with Crippen LogP contribution >= 0.6 is 0 Å². The van der Waals surface area contributed by atoms with Crippen molar-refractivity contribution in [1.29, 1.82) is 0 Å². The number of amides is 1. The van der Waals surface area contributed by atoms with Crippen LogP contribution in [0.25, 0.3) is 0 Å². The van der Waals surface area contributed by atoms with E-state index in [0.29, 0.717) is 18.9 Å². The number of nitrogens with one attached hydrogen (secondary N) is 1. The van der Waals surface area contributed by atoms with Crippen molar-refractivity contribution < 1.29 is 14.5 Å².